The van der Waals surface area contributed by atoms with Crippen LogP contribution in [0, 0.1) is 13.8 Å². The van der Waals surface area contributed by atoms with Gasteiger partial charge in [0.2, 0.25) is 11.8 Å². The highest BCUT2D eigenvalue weighted by atomic mass is 35.5. The standard InChI is InChI=1S/C30H35Cl2N3O4S/c1-5-17-33-30(37)28(6-2)34(19-23-11-7-21(3)8-12-23)29(36)20-35(24-13-16-26(31)27(32)18-24)40(38,39)25-14-9-22(4)10-15-25/h7-16,18,28H,5-6,17,19-20H2,1-4H3,(H,33,37)/t28-/m1/s1. The molecule has 0 spiro atoms. The molecule has 0 unspecified atom stereocenters. The lowest BCUT2D eigenvalue weighted by Crippen LogP contribution is -2.52. The van der Waals surface area contributed by atoms with Crippen LogP contribution in [0.1, 0.15) is 43.4 Å². The number of rotatable bonds is 12. The van der Waals surface area contributed by atoms with Crippen molar-refractivity contribution < 1.29 is 18.0 Å². The Kier molecular flexibility index (Phi) is 11.0. The Morgan fingerprint density at radius 1 is 0.875 bits per heavy atom. The molecule has 1 atom stereocenters. The van der Waals surface area contributed by atoms with Gasteiger partial charge in [-0.15, -0.1) is 0 Å². The molecule has 2 amide bonds. The van der Waals surface area contributed by atoms with Crippen molar-refractivity contribution in [1.82, 2.24) is 10.2 Å². The minimum absolute atomic E-state index is 0.0230. The number of halogens is 2. The van der Waals surface area contributed by atoms with Gasteiger partial charge in [-0.3, -0.25) is 13.9 Å². The molecule has 0 saturated carbocycles. The van der Waals surface area contributed by atoms with E-state index in [1.54, 1.807) is 12.1 Å². The lowest BCUT2D eigenvalue weighted by Gasteiger charge is -2.33. The zero-order chi connectivity index (χ0) is 29.4. The molecule has 3 aromatic rings. The van der Waals surface area contributed by atoms with Gasteiger partial charge < -0.3 is 10.2 Å². The molecule has 7 nitrogen and oxygen atoms in total. The Hall–Kier alpha value is -3.07. The minimum atomic E-state index is -4.19. The van der Waals surface area contributed by atoms with Crippen LogP contribution >= 0.6 is 23.2 Å². The van der Waals surface area contributed by atoms with Crippen LogP contribution < -0.4 is 9.62 Å². The lowest BCUT2D eigenvalue weighted by molar-refractivity contribution is -0.140. The fourth-order valence-electron chi connectivity index (χ4n) is 4.18. The maximum Gasteiger partial charge on any atom is 0.264 e. The third-order valence-electron chi connectivity index (χ3n) is 6.49. The molecule has 0 aliphatic heterocycles. The third-order valence-corrected chi connectivity index (χ3v) is 9.01. The number of nitrogens with zero attached hydrogens (tertiary/aromatic N) is 2. The molecule has 0 fully saturated rings. The van der Waals surface area contributed by atoms with E-state index in [2.05, 4.69) is 5.32 Å². The molecule has 0 saturated heterocycles. The summed E-state index contributed by atoms with van der Waals surface area (Å²) in [5.74, 6) is -0.812. The van der Waals surface area contributed by atoms with Gasteiger partial charge in [-0.1, -0.05) is 84.6 Å². The van der Waals surface area contributed by atoms with Gasteiger partial charge in [0, 0.05) is 13.1 Å². The van der Waals surface area contributed by atoms with Gasteiger partial charge in [-0.25, -0.2) is 8.42 Å². The van der Waals surface area contributed by atoms with Crippen LogP contribution in [0.2, 0.25) is 10.0 Å². The number of hydrogen-bond donors (Lipinski definition) is 1. The first-order valence-electron chi connectivity index (χ1n) is 13.1. The second-order valence-electron chi connectivity index (χ2n) is 9.65. The minimum Gasteiger partial charge on any atom is -0.354 e. The quantitative estimate of drug-likeness (QED) is 0.269. The molecule has 3 aromatic carbocycles. The summed E-state index contributed by atoms with van der Waals surface area (Å²) in [4.78, 5) is 28.7. The van der Waals surface area contributed by atoms with Gasteiger partial charge >= 0.3 is 0 Å². The number of hydrogen-bond acceptors (Lipinski definition) is 4. The van der Waals surface area contributed by atoms with E-state index in [1.807, 2.05) is 52.0 Å². The van der Waals surface area contributed by atoms with Crippen LogP contribution in [0.15, 0.2) is 71.6 Å². The van der Waals surface area contributed by atoms with Gasteiger partial charge in [0.25, 0.3) is 10.0 Å². The number of amides is 2. The van der Waals surface area contributed by atoms with Gasteiger partial charge in [0.15, 0.2) is 0 Å². The smallest absolute Gasteiger partial charge is 0.264 e. The summed E-state index contributed by atoms with van der Waals surface area (Å²) >= 11 is 12.4. The average molecular weight is 605 g/mol. The normalized spacial score (nSPS) is 12.1. The molecule has 10 heteroatoms. The second kappa shape index (κ2) is 14.0. The van der Waals surface area contributed by atoms with Crippen molar-refractivity contribution in [3.63, 3.8) is 0 Å². The SMILES string of the molecule is CCCNC(=O)[C@@H](CC)N(Cc1ccc(C)cc1)C(=O)CN(c1ccc(Cl)c(Cl)c1)S(=O)(=O)c1ccc(C)cc1. The van der Waals surface area contributed by atoms with Gasteiger partial charge in [-0.05, 0) is 62.6 Å². The number of carbonyl (C=O) groups is 2. The van der Waals surface area contributed by atoms with E-state index in [0.29, 0.717) is 13.0 Å². The zero-order valence-electron chi connectivity index (χ0n) is 23.2. The van der Waals surface area contributed by atoms with Gasteiger partial charge in [-0.2, -0.15) is 0 Å². The topological polar surface area (TPSA) is 86.8 Å². The van der Waals surface area contributed by atoms with E-state index in [0.717, 1.165) is 27.4 Å². The molecular formula is C30H35Cl2N3O4S. The fourth-order valence-corrected chi connectivity index (χ4v) is 5.88. The Labute approximate surface area is 247 Å². The van der Waals surface area contributed by atoms with Crippen molar-refractivity contribution in [3.05, 3.63) is 93.5 Å². The number of aryl methyl sites for hydroxylation is 2. The maximum atomic E-state index is 14.0. The van der Waals surface area contributed by atoms with Crippen LogP contribution in [0.5, 0.6) is 0 Å². The van der Waals surface area contributed by atoms with E-state index in [-0.39, 0.29) is 33.1 Å². The van der Waals surface area contributed by atoms with Crippen LogP contribution in [-0.2, 0) is 26.2 Å². The summed E-state index contributed by atoms with van der Waals surface area (Å²) in [5, 5.41) is 3.28. The summed E-state index contributed by atoms with van der Waals surface area (Å²) in [6.07, 6.45) is 1.10. The van der Waals surface area contributed by atoms with Crippen LogP contribution in [0.4, 0.5) is 5.69 Å². The fraction of sp³-hybridized carbons (Fsp3) is 0.333. The number of carbonyl (C=O) groups excluding carboxylic acids is 2. The first-order chi connectivity index (χ1) is 19.0. The summed E-state index contributed by atoms with van der Waals surface area (Å²) in [7, 11) is -4.19. The van der Waals surface area contributed by atoms with Crippen molar-refractivity contribution in [1.29, 1.82) is 0 Å². The Bertz CT molecular complexity index is 1430. The summed E-state index contributed by atoms with van der Waals surface area (Å²) < 4.78 is 28.8. The molecule has 3 rings (SSSR count). The predicted octanol–water partition coefficient (Wildman–Crippen LogP) is 6.14. The lowest BCUT2D eigenvalue weighted by atomic mass is 10.1. The van der Waals surface area contributed by atoms with Gasteiger partial charge in [0.1, 0.15) is 12.6 Å². The number of nitrogens with one attached hydrogen (secondary N) is 1. The van der Waals surface area contributed by atoms with Crippen molar-refractivity contribution in [2.45, 2.75) is 58.0 Å². The van der Waals surface area contributed by atoms with Crippen LogP contribution in [-0.4, -0.2) is 44.3 Å². The first kappa shape index (κ1) is 31.5. The maximum absolute atomic E-state index is 14.0. The van der Waals surface area contributed by atoms with Crippen molar-refractivity contribution >= 4 is 50.7 Å². The van der Waals surface area contributed by atoms with E-state index >= 15 is 0 Å². The molecule has 0 radical (unpaired) electrons. The number of anilines is 1. The zero-order valence-corrected chi connectivity index (χ0v) is 25.5. The molecular weight excluding hydrogens is 569 g/mol. The molecule has 0 heterocycles. The van der Waals surface area contributed by atoms with Gasteiger partial charge in [0.05, 0.1) is 20.6 Å². The van der Waals surface area contributed by atoms with Crippen LogP contribution in [0.25, 0.3) is 0 Å². The molecule has 214 valence electrons. The van der Waals surface area contributed by atoms with Crippen molar-refractivity contribution in [2.75, 3.05) is 17.4 Å². The second-order valence-corrected chi connectivity index (χ2v) is 12.3. The van der Waals surface area contributed by atoms with E-state index in [1.165, 1.54) is 35.2 Å². The Morgan fingerprint density at radius 3 is 2.02 bits per heavy atom. The molecule has 40 heavy (non-hydrogen) atoms. The van der Waals surface area contributed by atoms with Crippen molar-refractivity contribution in [3.8, 4) is 0 Å². The van der Waals surface area contributed by atoms with E-state index < -0.39 is 28.5 Å². The molecule has 1 N–H and O–H groups in total. The highest BCUT2D eigenvalue weighted by molar-refractivity contribution is 7.92. The van der Waals surface area contributed by atoms with Crippen molar-refractivity contribution in [2.24, 2.45) is 0 Å². The molecule has 0 aliphatic rings. The number of sulfonamides is 1. The monoisotopic (exact) mass is 603 g/mol. The van der Waals surface area contributed by atoms with E-state index in [4.69, 9.17) is 23.2 Å². The van der Waals surface area contributed by atoms with E-state index in [9.17, 15) is 18.0 Å². The summed E-state index contributed by atoms with van der Waals surface area (Å²) in [6.45, 7) is 7.65. The Balaban J connectivity index is 2.07. The largest absolute Gasteiger partial charge is 0.354 e. The predicted molar refractivity (Wildman–Crippen MR) is 161 cm³/mol. The molecule has 0 aromatic heterocycles. The number of benzene rings is 3. The molecule has 0 bridgehead atoms. The average Bonchev–Trinajstić information content (AvgIpc) is 2.93. The third kappa shape index (κ3) is 7.77. The Morgan fingerprint density at radius 2 is 1.48 bits per heavy atom. The van der Waals surface area contributed by atoms with Crippen LogP contribution in [0.3, 0.4) is 0 Å². The summed E-state index contributed by atoms with van der Waals surface area (Å²) in [6, 6.07) is 17.6. The first-order valence-corrected chi connectivity index (χ1v) is 15.3. The molecule has 0 aliphatic carbocycles. The summed E-state index contributed by atoms with van der Waals surface area (Å²) in [5.41, 5.74) is 2.96. The highest BCUT2D eigenvalue weighted by Gasteiger charge is 2.33. The highest BCUT2D eigenvalue weighted by Crippen LogP contribution is 2.31.